The van der Waals surface area contributed by atoms with E-state index in [1.54, 1.807) is 30.3 Å². The van der Waals surface area contributed by atoms with Crippen LogP contribution in [0.4, 0.5) is 0 Å². The van der Waals surface area contributed by atoms with Crippen LogP contribution in [0.2, 0.25) is 0 Å². The van der Waals surface area contributed by atoms with Crippen LogP contribution in [-0.4, -0.2) is 22.0 Å². The third kappa shape index (κ3) is 2.83. The van der Waals surface area contributed by atoms with Crippen molar-refractivity contribution in [3.05, 3.63) is 71.4 Å². The predicted molar refractivity (Wildman–Crippen MR) is 82.9 cm³/mol. The molecule has 0 saturated heterocycles. The molecule has 1 heterocycles. The molecule has 2 aromatic carbocycles. The quantitative estimate of drug-likeness (QED) is 0.692. The number of nitrogens with one attached hydrogen (secondary N) is 2. The van der Waals surface area contributed by atoms with Crippen molar-refractivity contribution in [2.24, 2.45) is 0 Å². The van der Waals surface area contributed by atoms with Crippen molar-refractivity contribution >= 4 is 22.8 Å². The van der Waals surface area contributed by atoms with Gasteiger partial charge in [-0.2, -0.15) is 0 Å². The molecule has 1 aromatic heterocycles. The van der Waals surface area contributed by atoms with Gasteiger partial charge < -0.3 is 15.4 Å². The van der Waals surface area contributed by atoms with Crippen LogP contribution in [0.3, 0.4) is 0 Å². The van der Waals surface area contributed by atoms with E-state index in [4.69, 9.17) is 5.11 Å². The number of carboxylic acids is 1. The van der Waals surface area contributed by atoms with Crippen LogP contribution in [-0.2, 0) is 6.54 Å². The SMILES string of the molecule is O=C(O)c1cccc(CNC(=O)c2ccc3cc[nH]c3c2)c1. The number of aromatic amines is 1. The summed E-state index contributed by atoms with van der Waals surface area (Å²) in [7, 11) is 0. The highest BCUT2D eigenvalue weighted by Gasteiger charge is 2.08. The Morgan fingerprint density at radius 2 is 1.91 bits per heavy atom. The van der Waals surface area contributed by atoms with E-state index in [9.17, 15) is 9.59 Å². The monoisotopic (exact) mass is 294 g/mol. The number of aromatic nitrogens is 1. The Morgan fingerprint density at radius 3 is 2.73 bits per heavy atom. The maximum absolute atomic E-state index is 12.2. The first-order valence-electron chi connectivity index (χ1n) is 6.81. The molecule has 0 spiro atoms. The molecule has 0 bridgehead atoms. The van der Waals surface area contributed by atoms with E-state index in [1.807, 2.05) is 18.3 Å². The first kappa shape index (κ1) is 13.9. The molecule has 0 aliphatic carbocycles. The molecule has 22 heavy (non-hydrogen) atoms. The van der Waals surface area contributed by atoms with Crippen LogP contribution in [0.1, 0.15) is 26.3 Å². The maximum Gasteiger partial charge on any atom is 0.335 e. The van der Waals surface area contributed by atoms with E-state index in [2.05, 4.69) is 10.3 Å². The number of carbonyl (C=O) groups excluding carboxylic acids is 1. The molecular formula is C17H14N2O3. The number of carbonyl (C=O) groups is 2. The molecule has 0 atom stereocenters. The highest BCUT2D eigenvalue weighted by molar-refractivity contribution is 5.97. The molecule has 0 aliphatic rings. The molecule has 3 aromatic rings. The molecule has 0 radical (unpaired) electrons. The third-order valence-corrected chi connectivity index (χ3v) is 3.44. The van der Waals surface area contributed by atoms with E-state index in [0.29, 0.717) is 5.56 Å². The van der Waals surface area contributed by atoms with Crippen molar-refractivity contribution in [3.8, 4) is 0 Å². The van der Waals surface area contributed by atoms with Gasteiger partial charge in [0.25, 0.3) is 5.91 Å². The summed E-state index contributed by atoms with van der Waals surface area (Å²) < 4.78 is 0. The van der Waals surface area contributed by atoms with E-state index in [0.717, 1.165) is 16.5 Å². The summed E-state index contributed by atoms with van der Waals surface area (Å²) in [5.74, 6) is -1.18. The average molecular weight is 294 g/mol. The second kappa shape index (κ2) is 5.73. The maximum atomic E-state index is 12.2. The smallest absolute Gasteiger partial charge is 0.335 e. The summed E-state index contributed by atoms with van der Waals surface area (Å²) in [6.07, 6.45) is 1.82. The summed E-state index contributed by atoms with van der Waals surface area (Å²) in [5, 5.41) is 12.8. The number of aromatic carboxylic acids is 1. The second-order valence-corrected chi connectivity index (χ2v) is 4.97. The van der Waals surface area contributed by atoms with Crippen LogP contribution in [0.25, 0.3) is 10.9 Å². The molecule has 1 amide bonds. The van der Waals surface area contributed by atoms with Crippen LogP contribution in [0, 0.1) is 0 Å². The zero-order chi connectivity index (χ0) is 15.5. The number of H-pyrrole nitrogens is 1. The average Bonchev–Trinajstić information content (AvgIpc) is 3.00. The fourth-order valence-corrected chi connectivity index (χ4v) is 2.29. The topological polar surface area (TPSA) is 82.2 Å². The minimum absolute atomic E-state index is 0.197. The molecular weight excluding hydrogens is 280 g/mol. The minimum Gasteiger partial charge on any atom is -0.478 e. The van der Waals surface area contributed by atoms with E-state index < -0.39 is 5.97 Å². The molecule has 0 aliphatic heterocycles. The Balaban J connectivity index is 1.71. The molecule has 5 nitrogen and oxygen atoms in total. The molecule has 5 heteroatoms. The number of benzene rings is 2. The molecule has 3 rings (SSSR count). The van der Waals surface area contributed by atoms with Gasteiger partial charge in [0.1, 0.15) is 0 Å². The van der Waals surface area contributed by atoms with Gasteiger partial charge in [0.05, 0.1) is 5.56 Å². The molecule has 110 valence electrons. The number of hydrogen-bond acceptors (Lipinski definition) is 2. The van der Waals surface area contributed by atoms with Gasteiger partial charge in [-0.05, 0) is 41.3 Å². The predicted octanol–water partition coefficient (Wildman–Crippen LogP) is 2.80. The number of hydrogen-bond donors (Lipinski definition) is 3. The largest absolute Gasteiger partial charge is 0.478 e. The summed E-state index contributed by atoms with van der Waals surface area (Å²) in [5.41, 5.74) is 2.42. The zero-order valence-corrected chi connectivity index (χ0v) is 11.7. The third-order valence-electron chi connectivity index (χ3n) is 3.44. The minimum atomic E-state index is -0.981. The summed E-state index contributed by atoms with van der Waals surface area (Å²) >= 11 is 0. The van der Waals surface area contributed by atoms with Crippen LogP contribution in [0.5, 0.6) is 0 Å². The van der Waals surface area contributed by atoms with Crippen molar-refractivity contribution in [3.63, 3.8) is 0 Å². The lowest BCUT2D eigenvalue weighted by Gasteiger charge is -2.06. The molecule has 3 N–H and O–H groups in total. The van der Waals surface area contributed by atoms with Crippen molar-refractivity contribution in [1.29, 1.82) is 0 Å². The van der Waals surface area contributed by atoms with E-state index in [-0.39, 0.29) is 18.0 Å². The van der Waals surface area contributed by atoms with E-state index >= 15 is 0 Å². The lowest BCUT2D eigenvalue weighted by Crippen LogP contribution is -2.22. The highest BCUT2D eigenvalue weighted by Crippen LogP contribution is 2.14. The number of amides is 1. The van der Waals surface area contributed by atoms with Gasteiger partial charge in [0, 0.05) is 23.8 Å². The standard InChI is InChI=1S/C17H14N2O3/c20-16(13-5-4-12-6-7-18-15(12)9-13)19-10-11-2-1-3-14(8-11)17(21)22/h1-9,18H,10H2,(H,19,20)(H,21,22). The Kier molecular flexibility index (Phi) is 3.62. The van der Waals surface area contributed by atoms with Crippen LogP contribution < -0.4 is 5.32 Å². The zero-order valence-electron chi connectivity index (χ0n) is 11.7. The Hall–Kier alpha value is -3.08. The van der Waals surface area contributed by atoms with Crippen molar-refractivity contribution in [2.45, 2.75) is 6.54 Å². The van der Waals surface area contributed by atoms with Crippen LogP contribution in [0.15, 0.2) is 54.7 Å². The second-order valence-electron chi connectivity index (χ2n) is 4.97. The lowest BCUT2D eigenvalue weighted by atomic mass is 10.1. The van der Waals surface area contributed by atoms with Crippen molar-refractivity contribution in [2.75, 3.05) is 0 Å². The fraction of sp³-hybridized carbons (Fsp3) is 0.0588. The van der Waals surface area contributed by atoms with Gasteiger partial charge >= 0.3 is 5.97 Å². The van der Waals surface area contributed by atoms with Gasteiger partial charge in [-0.1, -0.05) is 18.2 Å². The van der Waals surface area contributed by atoms with Crippen molar-refractivity contribution < 1.29 is 14.7 Å². The Bertz CT molecular complexity index is 852. The highest BCUT2D eigenvalue weighted by atomic mass is 16.4. The molecule has 0 fully saturated rings. The summed E-state index contributed by atoms with van der Waals surface area (Å²) in [6.45, 7) is 0.280. The summed E-state index contributed by atoms with van der Waals surface area (Å²) in [4.78, 5) is 26.1. The van der Waals surface area contributed by atoms with E-state index in [1.165, 1.54) is 6.07 Å². The number of fused-ring (bicyclic) bond motifs is 1. The fourth-order valence-electron chi connectivity index (χ4n) is 2.29. The Morgan fingerprint density at radius 1 is 1.05 bits per heavy atom. The molecule has 0 saturated carbocycles. The number of carboxylic acid groups (broad SMARTS) is 1. The first-order chi connectivity index (χ1) is 10.6. The first-order valence-corrected chi connectivity index (χ1v) is 6.81. The van der Waals surface area contributed by atoms with Gasteiger partial charge in [-0.15, -0.1) is 0 Å². The van der Waals surface area contributed by atoms with Gasteiger partial charge in [-0.3, -0.25) is 4.79 Å². The number of rotatable bonds is 4. The van der Waals surface area contributed by atoms with Crippen LogP contribution >= 0.6 is 0 Å². The van der Waals surface area contributed by atoms with Crippen molar-refractivity contribution in [1.82, 2.24) is 10.3 Å². The lowest BCUT2D eigenvalue weighted by molar-refractivity contribution is 0.0696. The molecule has 0 unspecified atom stereocenters. The Labute approximate surface area is 126 Å². The van der Waals surface area contributed by atoms with Gasteiger partial charge in [-0.25, -0.2) is 4.79 Å². The van der Waals surface area contributed by atoms with Gasteiger partial charge in [0.15, 0.2) is 0 Å². The van der Waals surface area contributed by atoms with Gasteiger partial charge in [0.2, 0.25) is 0 Å². The normalized spacial score (nSPS) is 10.5. The summed E-state index contributed by atoms with van der Waals surface area (Å²) in [6, 6.07) is 13.9.